The van der Waals surface area contributed by atoms with Gasteiger partial charge in [0.05, 0.1) is 43.7 Å². The fourth-order valence-corrected chi connectivity index (χ4v) is 7.61. The largest absolute Gasteiger partial charge is 0.465 e. The molecule has 1 aromatic heterocycles. The first kappa shape index (κ1) is 25.8. The molecule has 0 unspecified atom stereocenters. The Hall–Kier alpha value is -2.27. The fourth-order valence-electron chi connectivity index (χ4n) is 4.79. The summed E-state index contributed by atoms with van der Waals surface area (Å²) in [5.41, 5.74) is 3.53. The predicted octanol–water partition coefficient (Wildman–Crippen LogP) is 1.95. The minimum atomic E-state index is -3.56. The van der Waals surface area contributed by atoms with Gasteiger partial charge >= 0.3 is 5.97 Å². The molecule has 2 aromatic rings. The van der Waals surface area contributed by atoms with E-state index in [1.54, 1.807) is 12.1 Å². The molecule has 8 nitrogen and oxygen atoms in total. The van der Waals surface area contributed by atoms with Crippen LogP contribution in [-0.2, 0) is 32.4 Å². The molecule has 1 amide bonds. The number of sulfonamides is 1. The summed E-state index contributed by atoms with van der Waals surface area (Å²) in [6.45, 7) is 5.90. The summed E-state index contributed by atoms with van der Waals surface area (Å²) in [5, 5.41) is 3.53. The molecule has 0 saturated carbocycles. The number of benzene rings is 1. The summed E-state index contributed by atoms with van der Waals surface area (Å²) in [5.74, 6) is -0.579. The van der Waals surface area contributed by atoms with E-state index in [1.807, 2.05) is 19.9 Å². The smallest absolute Gasteiger partial charge is 0.341 e. The molecule has 1 aliphatic carbocycles. The first-order valence-corrected chi connectivity index (χ1v) is 14.4. The highest BCUT2D eigenvalue weighted by molar-refractivity contribution is 7.89. The van der Waals surface area contributed by atoms with Crippen molar-refractivity contribution >= 4 is 38.2 Å². The second-order valence-corrected chi connectivity index (χ2v) is 12.4. The zero-order valence-electron chi connectivity index (χ0n) is 20.6. The van der Waals surface area contributed by atoms with Crippen LogP contribution in [0.4, 0.5) is 5.00 Å². The number of methoxy groups -OCH3 is 1. The van der Waals surface area contributed by atoms with Crippen molar-refractivity contribution in [1.29, 1.82) is 0 Å². The topological polar surface area (TPSA) is 97.2 Å². The van der Waals surface area contributed by atoms with Crippen molar-refractivity contribution < 1.29 is 27.6 Å². The Bertz CT molecular complexity index is 1210. The van der Waals surface area contributed by atoms with Crippen molar-refractivity contribution in [1.82, 2.24) is 4.31 Å². The van der Waals surface area contributed by atoms with E-state index in [1.165, 1.54) is 22.8 Å². The molecule has 1 fully saturated rings. The number of carbonyl (C=O) groups excluding carboxylic acids is 2. The van der Waals surface area contributed by atoms with Crippen LogP contribution in [0.3, 0.4) is 0 Å². The number of rotatable bonds is 6. The number of piperazine rings is 1. The second-order valence-electron chi connectivity index (χ2n) is 9.39. The maximum Gasteiger partial charge on any atom is 0.341 e. The van der Waals surface area contributed by atoms with E-state index < -0.39 is 16.0 Å². The highest BCUT2D eigenvalue weighted by atomic mass is 32.2. The number of esters is 1. The van der Waals surface area contributed by atoms with E-state index in [0.717, 1.165) is 58.6 Å². The van der Waals surface area contributed by atoms with Gasteiger partial charge in [-0.05, 0) is 68.4 Å². The molecule has 1 aromatic carbocycles. The Labute approximate surface area is 211 Å². The Morgan fingerprint density at radius 2 is 1.80 bits per heavy atom. The van der Waals surface area contributed by atoms with Crippen LogP contribution in [0.1, 0.15) is 51.2 Å². The summed E-state index contributed by atoms with van der Waals surface area (Å²) in [6.07, 6.45) is 5.00. The molecule has 0 bridgehead atoms. The van der Waals surface area contributed by atoms with Gasteiger partial charge in [0.2, 0.25) is 10.0 Å². The zero-order chi connectivity index (χ0) is 25.2. The number of thiophene rings is 1. The summed E-state index contributed by atoms with van der Waals surface area (Å²) in [7, 11) is -2.19. The van der Waals surface area contributed by atoms with Crippen LogP contribution < -0.4 is 10.2 Å². The first-order chi connectivity index (χ1) is 16.7. The third kappa shape index (κ3) is 5.61. The van der Waals surface area contributed by atoms with Gasteiger partial charge in [0, 0.05) is 4.88 Å². The molecule has 0 radical (unpaired) electrons. The number of amides is 1. The van der Waals surface area contributed by atoms with Gasteiger partial charge in [0.15, 0.2) is 6.54 Å². The number of nitrogens with zero attached hydrogens (tertiary/aromatic N) is 1. The molecule has 2 heterocycles. The zero-order valence-corrected chi connectivity index (χ0v) is 22.2. The number of hydrogen-bond acceptors (Lipinski definition) is 6. The number of carbonyl (C=O) groups is 2. The Morgan fingerprint density at radius 3 is 2.49 bits per heavy atom. The molecule has 2 aliphatic rings. The molecular formula is C25H34N3O5S2+. The van der Waals surface area contributed by atoms with E-state index in [2.05, 4.69) is 5.32 Å². The van der Waals surface area contributed by atoms with Crippen molar-refractivity contribution in [3.05, 3.63) is 45.3 Å². The molecule has 10 heteroatoms. The van der Waals surface area contributed by atoms with Crippen molar-refractivity contribution in [3.8, 4) is 0 Å². The number of aryl methyl sites for hydroxylation is 3. The molecular weight excluding hydrogens is 486 g/mol. The van der Waals surface area contributed by atoms with Gasteiger partial charge < -0.3 is 15.0 Å². The van der Waals surface area contributed by atoms with Crippen LogP contribution in [0.2, 0.25) is 0 Å². The van der Waals surface area contributed by atoms with E-state index in [-0.39, 0.29) is 12.5 Å². The van der Waals surface area contributed by atoms with Crippen LogP contribution in [0, 0.1) is 13.8 Å². The number of quaternary nitrogens is 1. The van der Waals surface area contributed by atoms with Crippen molar-refractivity contribution in [2.24, 2.45) is 0 Å². The lowest BCUT2D eigenvalue weighted by Gasteiger charge is -2.31. The van der Waals surface area contributed by atoms with Gasteiger partial charge in [0.25, 0.3) is 5.91 Å². The third-order valence-corrected chi connectivity index (χ3v) is 10.1. The van der Waals surface area contributed by atoms with Gasteiger partial charge in [0.1, 0.15) is 5.00 Å². The quantitative estimate of drug-likeness (QED) is 0.448. The number of nitrogens with one attached hydrogen (secondary N) is 2. The Morgan fingerprint density at radius 1 is 1.09 bits per heavy atom. The van der Waals surface area contributed by atoms with Gasteiger partial charge in [-0.25, -0.2) is 13.2 Å². The van der Waals surface area contributed by atoms with Crippen molar-refractivity contribution in [3.63, 3.8) is 0 Å². The van der Waals surface area contributed by atoms with Gasteiger partial charge in [-0.15, -0.1) is 11.3 Å². The van der Waals surface area contributed by atoms with E-state index in [0.29, 0.717) is 41.6 Å². The molecule has 1 aliphatic heterocycles. The highest BCUT2D eigenvalue weighted by Gasteiger charge is 2.32. The molecule has 1 saturated heterocycles. The number of fused-ring (bicyclic) bond motifs is 1. The third-order valence-electron chi connectivity index (χ3n) is 7.02. The number of hydrogen-bond donors (Lipinski definition) is 2. The Balaban J connectivity index is 1.38. The summed E-state index contributed by atoms with van der Waals surface area (Å²) in [6, 6.07) is 5.21. The van der Waals surface area contributed by atoms with Gasteiger partial charge in [-0.1, -0.05) is 12.5 Å². The lowest BCUT2D eigenvalue weighted by Crippen LogP contribution is -3.15. The van der Waals surface area contributed by atoms with Crippen LogP contribution >= 0.6 is 11.3 Å². The molecule has 0 spiro atoms. The first-order valence-electron chi connectivity index (χ1n) is 12.1. The fraction of sp³-hybridized carbons (Fsp3) is 0.520. The molecule has 35 heavy (non-hydrogen) atoms. The Kier molecular flexibility index (Phi) is 7.95. The summed E-state index contributed by atoms with van der Waals surface area (Å²) < 4.78 is 32.7. The monoisotopic (exact) mass is 520 g/mol. The lowest BCUT2D eigenvalue weighted by molar-refractivity contribution is -0.895. The molecule has 4 rings (SSSR count). The van der Waals surface area contributed by atoms with Gasteiger partial charge in [-0.2, -0.15) is 4.31 Å². The SMILES string of the molecule is COC(=O)c1c(NC(=O)C[NH+]2CCN(S(=O)(=O)c3ccc(C)c(C)c3)CC2)sc2c1CCCCC2. The van der Waals surface area contributed by atoms with Crippen LogP contribution in [0.25, 0.3) is 0 Å². The normalized spacial score (nSPS) is 17.5. The maximum atomic E-state index is 13.1. The lowest BCUT2D eigenvalue weighted by atomic mass is 10.1. The second kappa shape index (κ2) is 10.8. The maximum absolute atomic E-state index is 13.1. The predicted molar refractivity (Wildman–Crippen MR) is 136 cm³/mol. The van der Waals surface area contributed by atoms with E-state index in [4.69, 9.17) is 4.74 Å². The van der Waals surface area contributed by atoms with Crippen LogP contribution in [0.5, 0.6) is 0 Å². The molecule has 2 N–H and O–H groups in total. The minimum absolute atomic E-state index is 0.174. The molecule has 0 atom stereocenters. The van der Waals surface area contributed by atoms with Crippen molar-refractivity contribution in [2.75, 3.05) is 45.2 Å². The minimum Gasteiger partial charge on any atom is -0.465 e. The van der Waals surface area contributed by atoms with Gasteiger partial charge in [-0.3, -0.25) is 4.79 Å². The summed E-state index contributed by atoms with van der Waals surface area (Å²) >= 11 is 1.48. The van der Waals surface area contributed by atoms with Crippen molar-refractivity contribution in [2.45, 2.75) is 50.8 Å². The average molecular weight is 521 g/mol. The van der Waals surface area contributed by atoms with Crippen LogP contribution in [-0.4, -0.2) is 64.4 Å². The number of anilines is 1. The highest BCUT2D eigenvalue weighted by Crippen LogP contribution is 2.37. The van der Waals surface area contributed by atoms with E-state index in [9.17, 15) is 18.0 Å². The van der Waals surface area contributed by atoms with E-state index >= 15 is 0 Å². The van der Waals surface area contributed by atoms with Crippen LogP contribution in [0.15, 0.2) is 23.1 Å². The average Bonchev–Trinajstić information content (AvgIpc) is 3.00. The summed E-state index contributed by atoms with van der Waals surface area (Å²) in [4.78, 5) is 27.9. The molecule has 190 valence electrons. The number of ether oxygens (including phenoxy) is 1. The standard InChI is InChI=1S/C25H33N3O5S2/c1-17-9-10-19(15-18(17)2)35(31,32)28-13-11-27(12-14-28)16-22(29)26-24-23(25(30)33-3)20-7-5-4-6-8-21(20)34-24/h9-10,15H,4-8,11-14,16H2,1-3H3,(H,26,29)/p+1.